The number of amides is 2. The molecular formula is C21H15ClFN3O2. The van der Waals surface area contributed by atoms with Crippen molar-refractivity contribution in [3.63, 3.8) is 0 Å². The number of carbonyl (C=O) groups excluding carboxylic acids is 2. The molecule has 3 aromatic rings. The van der Waals surface area contributed by atoms with E-state index in [1.807, 2.05) is 0 Å². The molecule has 0 bridgehead atoms. The molecule has 0 radical (unpaired) electrons. The van der Waals surface area contributed by atoms with Crippen LogP contribution in [0.1, 0.15) is 26.3 Å². The zero-order valence-electron chi connectivity index (χ0n) is 14.5. The second kappa shape index (κ2) is 8.92. The van der Waals surface area contributed by atoms with E-state index in [-0.39, 0.29) is 5.56 Å². The Balaban J connectivity index is 1.65. The minimum atomic E-state index is -0.620. The summed E-state index contributed by atoms with van der Waals surface area (Å²) in [5.74, 6) is -1.67. The molecule has 2 N–H and O–H groups in total. The molecule has 0 unspecified atom stereocenters. The summed E-state index contributed by atoms with van der Waals surface area (Å²) in [7, 11) is 0. The lowest BCUT2D eigenvalue weighted by Crippen LogP contribution is -2.18. The number of hydrazone groups is 1. The molecule has 7 heteroatoms. The van der Waals surface area contributed by atoms with Gasteiger partial charge in [-0.15, -0.1) is 0 Å². The standard InChI is InChI=1S/C21H15ClFN3O2/c22-16-10-8-14(9-11-16)13-24-26-20(27)15-4-3-5-17(12-15)25-21(28)18-6-1-2-7-19(18)23/h1-13H,(H,25,28)(H,26,27)/b24-13-. The molecule has 0 atom stereocenters. The van der Waals surface area contributed by atoms with Gasteiger partial charge in [0.05, 0.1) is 11.8 Å². The fraction of sp³-hybridized carbons (Fsp3) is 0. The maximum absolute atomic E-state index is 13.7. The second-order valence-corrected chi connectivity index (χ2v) is 6.20. The van der Waals surface area contributed by atoms with Gasteiger partial charge in [-0.1, -0.05) is 41.9 Å². The molecule has 140 valence electrons. The summed E-state index contributed by atoms with van der Waals surface area (Å²) in [6.07, 6.45) is 1.48. The Hall–Kier alpha value is -3.51. The third kappa shape index (κ3) is 5.02. The van der Waals surface area contributed by atoms with Gasteiger partial charge < -0.3 is 5.32 Å². The fourth-order valence-electron chi connectivity index (χ4n) is 2.36. The fourth-order valence-corrected chi connectivity index (χ4v) is 2.49. The molecule has 3 aromatic carbocycles. The van der Waals surface area contributed by atoms with Gasteiger partial charge in [-0.3, -0.25) is 9.59 Å². The second-order valence-electron chi connectivity index (χ2n) is 5.77. The maximum Gasteiger partial charge on any atom is 0.271 e. The lowest BCUT2D eigenvalue weighted by Gasteiger charge is -2.07. The van der Waals surface area contributed by atoms with E-state index in [9.17, 15) is 14.0 Å². The van der Waals surface area contributed by atoms with Crippen LogP contribution in [0, 0.1) is 5.82 Å². The van der Waals surface area contributed by atoms with Gasteiger partial charge in [0.1, 0.15) is 5.82 Å². The van der Waals surface area contributed by atoms with Crippen LogP contribution in [0.25, 0.3) is 0 Å². The molecule has 28 heavy (non-hydrogen) atoms. The Morgan fingerprint density at radius 3 is 2.43 bits per heavy atom. The summed E-state index contributed by atoms with van der Waals surface area (Å²) in [5, 5.41) is 7.07. The Morgan fingerprint density at radius 1 is 0.929 bits per heavy atom. The highest BCUT2D eigenvalue weighted by atomic mass is 35.5. The predicted molar refractivity (Wildman–Crippen MR) is 107 cm³/mol. The number of hydrogen-bond acceptors (Lipinski definition) is 3. The first kappa shape index (κ1) is 19.3. The van der Waals surface area contributed by atoms with Crippen LogP contribution in [0.3, 0.4) is 0 Å². The molecule has 0 aliphatic heterocycles. The molecule has 3 rings (SSSR count). The number of anilines is 1. The van der Waals surface area contributed by atoms with Crippen LogP contribution in [-0.2, 0) is 0 Å². The van der Waals surface area contributed by atoms with E-state index in [2.05, 4.69) is 15.8 Å². The number of halogens is 2. The molecular weight excluding hydrogens is 381 g/mol. The SMILES string of the molecule is O=C(N/N=C\c1ccc(Cl)cc1)c1cccc(NC(=O)c2ccccc2F)c1. The van der Waals surface area contributed by atoms with Crippen molar-refractivity contribution in [1.29, 1.82) is 0 Å². The minimum Gasteiger partial charge on any atom is -0.322 e. The first-order chi connectivity index (χ1) is 13.5. The number of benzene rings is 3. The van der Waals surface area contributed by atoms with E-state index in [0.29, 0.717) is 16.3 Å². The van der Waals surface area contributed by atoms with E-state index in [1.54, 1.807) is 48.5 Å². The average molecular weight is 396 g/mol. The molecule has 2 amide bonds. The smallest absolute Gasteiger partial charge is 0.271 e. The zero-order valence-corrected chi connectivity index (χ0v) is 15.3. The summed E-state index contributed by atoms with van der Waals surface area (Å²) in [6, 6.07) is 18.9. The van der Waals surface area contributed by atoms with Gasteiger partial charge in [0.15, 0.2) is 0 Å². The Morgan fingerprint density at radius 2 is 1.68 bits per heavy atom. The Bertz CT molecular complexity index is 1040. The van der Waals surface area contributed by atoms with E-state index >= 15 is 0 Å². The van der Waals surface area contributed by atoms with Crippen LogP contribution in [0.2, 0.25) is 5.02 Å². The molecule has 0 heterocycles. The molecule has 0 aliphatic rings. The normalized spacial score (nSPS) is 10.6. The molecule has 0 fully saturated rings. The summed E-state index contributed by atoms with van der Waals surface area (Å²) in [4.78, 5) is 24.4. The summed E-state index contributed by atoms with van der Waals surface area (Å²) < 4.78 is 13.7. The summed E-state index contributed by atoms with van der Waals surface area (Å²) in [6.45, 7) is 0. The van der Waals surface area contributed by atoms with E-state index in [0.717, 1.165) is 5.56 Å². The summed E-state index contributed by atoms with van der Waals surface area (Å²) >= 11 is 5.81. The van der Waals surface area contributed by atoms with Crippen LogP contribution in [0.5, 0.6) is 0 Å². The van der Waals surface area contributed by atoms with Gasteiger partial charge in [-0.25, -0.2) is 9.82 Å². The van der Waals surface area contributed by atoms with Crippen molar-refractivity contribution in [2.24, 2.45) is 5.10 Å². The monoisotopic (exact) mass is 395 g/mol. The third-order valence-corrected chi connectivity index (χ3v) is 4.00. The Labute approximate surface area is 165 Å². The van der Waals surface area contributed by atoms with E-state index in [1.165, 1.54) is 30.5 Å². The molecule has 0 spiro atoms. The van der Waals surface area contributed by atoms with E-state index in [4.69, 9.17) is 11.6 Å². The molecule has 0 aromatic heterocycles. The van der Waals surface area contributed by atoms with Gasteiger partial charge in [0.25, 0.3) is 11.8 Å². The van der Waals surface area contributed by atoms with Crippen molar-refractivity contribution < 1.29 is 14.0 Å². The van der Waals surface area contributed by atoms with Crippen LogP contribution in [-0.4, -0.2) is 18.0 Å². The number of nitrogens with zero attached hydrogens (tertiary/aromatic N) is 1. The van der Waals surface area contributed by atoms with Gasteiger partial charge in [-0.2, -0.15) is 5.10 Å². The predicted octanol–water partition coefficient (Wildman–Crippen LogP) is 4.50. The molecule has 0 saturated carbocycles. The quantitative estimate of drug-likeness (QED) is 0.493. The maximum atomic E-state index is 13.7. The highest BCUT2D eigenvalue weighted by Gasteiger charge is 2.12. The lowest BCUT2D eigenvalue weighted by atomic mass is 10.1. The Kier molecular flexibility index (Phi) is 6.14. The van der Waals surface area contributed by atoms with Crippen molar-refractivity contribution >= 4 is 35.3 Å². The first-order valence-electron chi connectivity index (χ1n) is 8.28. The zero-order chi connectivity index (χ0) is 19.9. The van der Waals surface area contributed by atoms with Gasteiger partial charge in [0.2, 0.25) is 0 Å². The van der Waals surface area contributed by atoms with Crippen molar-refractivity contribution in [3.05, 3.63) is 100 Å². The van der Waals surface area contributed by atoms with Crippen molar-refractivity contribution in [1.82, 2.24) is 5.43 Å². The lowest BCUT2D eigenvalue weighted by molar-refractivity contribution is 0.0953. The number of rotatable bonds is 5. The van der Waals surface area contributed by atoms with Gasteiger partial charge >= 0.3 is 0 Å². The number of carbonyl (C=O) groups is 2. The first-order valence-corrected chi connectivity index (χ1v) is 8.65. The van der Waals surface area contributed by atoms with Gasteiger partial charge in [0, 0.05) is 16.3 Å². The molecule has 5 nitrogen and oxygen atoms in total. The summed E-state index contributed by atoms with van der Waals surface area (Å²) in [5.41, 5.74) is 3.76. The average Bonchev–Trinajstić information content (AvgIpc) is 2.70. The minimum absolute atomic E-state index is 0.0788. The third-order valence-electron chi connectivity index (χ3n) is 3.75. The highest BCUT2D eigenvalue weighted by Crippen LogP contribution is 2.14. The number of nitrogens with one attached hydrogen (secondary N) is 2. The van der Waals surface area contributed by atoms with Crippen LogP contribution < -0.4 is 10.7 Å². The highest BCUT2D eigenvalue weighted by molar-refractivity contribution is 6.30. The van der Waals surface area contributed by atoms with Gasteiger partial charge in [-0.05, 0) is 48.0 Å². The molecule has 0 aliphatic carbocycles. The largest absolute Gasteiger partial charge is 0.322 e. The molecule has 0 saturated heterocycles. The van der Waals surface area contributed by atoms with Crippen molar-refractivity contribution in [2.75, 3.05) is 5.32 Å². The van der Waals surface area contributed by atoms with Crippen LogP contribution in [0.15, 0.2) is 77.9 Å². The topological polar surface area (TPSA) is 70.6 Å². The van der Waals surface area contributed by atoms with Crippen LogP contribution in [0.4, 0.5) is 10.1 Å². The van der Waals surface area contributed by atoms with Crippen molar-refractivity contribution in [2.45, 2.75) is 0 Å². The van der Waals surface area contributed by atoms with Crippen molar-refractivity contribution in [3.8, 4) is 0 Å². The van der Waals surface area contributed by atoms with Crippen LogP contribution >= 0.6 is 11.6 Å². The number of hydrogen-bond donors (Lipinski definition) is 2. The van der Waals surface area contributed by atoms with E-state index < -0.39 is 17.6 Å².